The molecule has 1 atom stereocenters. The van der Waals surface area contributed by atoms with Gasteiger partial charge in [-0.25, -0.2) is 9.97 Å². The van der Waals surface area contributed by atoms with E-state index < -0.39 is 0 Å². The van der Waals surface area contributed by atoms with E-state index in [1.165, 1.54) is 6.42 Å². The second-order valence-electron chi connectivity index (χ2n) is 8.06. The minimum absolute atomic E-state index is 0.326. The van der Waals surface area contributed by atoms with E-state index in [0.29, 0.717) is 23.0 Å². The van der Waals surface area contributed by atoms with Crippen LogP contribution in [0, 0.1) is 5.92 Å². The third-order valence-corrected chi connectivity index (χ3v) is 6.02. The largest absolute Gasteiger partial charge is 0.381 e. The molecule has 2 aromatic rings. The highest BCUT2D eigenvalue weighted by Crippen LogP contribution is 2.29. The van der Waals surface area contributed by atoms with Crippen molar-refractivity contribution in [1.82, 2.24) is 15.0 Å². The maximum absolute atomic E-state index is 6.43. The Hall–Kier alpha value is -1.96. The van der Waals surface area contributed by atoms with E-state index in [0.717, 1.165) is 74.8 Å². The lowest BCUT2D eigenvalue weighted by Crippen LogP contribution is -2.33. The van der Waals surface area contributed by atoms with Gasteiger partial charge >= 0.3 is 0 Å². The van der Waals surface area contributed by atoms with Gasteiger partial charge in [-0.15, -0.1) is 0 Å². The summed E-state index contributed by atoms with van der Waals surface area (Å²) < 4.78 is 5.55. The van der Waals surface area contributed by atoms with E-state index in [4.69, 9.17) is 27.1 Å². The van der Waals surface area contributed by atoms with Gasteiger partial charge < -0.3 is 21.1 Å². The maximum Gasteiger partial charge on any atom is 0.145 e. The van der Waals surface area contributed by atoms with Gasteiger partial charge in [0.2, 0.25) is 0 Å². The molecule has 4 rings (SSSR count). The summed E-state index contributed by atoms with van der Waals surface area (Å²) in [6.45, 7) is 2.51. The molecule has 8 heteroatoms. The third kappa shape index (κ3) is 5.56. The van der Waals surface area contributed by atoms with E-state index in [9.17, 15) is 0 Å². The first-order chi connectivity index (χ1) is 14.2. The van der Waals surface area contributed by atoms with Crippen LogP contribution in [0.25, 0.3) is 11.3 Å². The number of nitrogens with two attached hydrogens (primary N) is 1. The Kier molecular flexibility index (Phi) is 6.79. The predicted octanol–water partition coefficient (Wildman–Crippen LogP) is 3.71. The number of aromatic nitrogens is 3. The Morgan fingerprint density at radius 3 is 2.76 bits per heavy atom. The van der Waals surface area contributed by atoms with Crippen molar-refractivity contribution < 1.29 is 4.74 Å². The van der Waals surface area contributed by atoms with Crippen LogP contribution in [0.2, 0.25) is 5.02 Å². The highest BCUT2D eigenvalue weighted by atomic mass is 35.5. The minimum Gasteiger partial charge on any atom is -0.381 e. The number of hydrogen-bond donors (Lipinski definition) is 3. The van der Waals surface area contributed by atoms with E-state index in [2.05, 4.69) is 20.6 Å². The van der Waals surface area contributed by atoms with E-state index in [1.807, 2.05) is 6.07 Å². The molecule has 29 heavy (non-hydrogen) atoms. The van der Waals surface area contributed by atoms with E-state index in [-0.39, 0.29) is 0 Å². The molecule has 2 aromatic heterocycles. The van der Waals surface area contributed by atoms with Gasteiger partial charge in [-0.2, -0.15) is 0 Å². The van der Waals surface area contributed by atoms with Crippen molar-refractivity contribution in [1.29, 1.82) is 0 Å². The number of nitrogens with zero attached hydrogens (tertiary/aromatic N) is 3. The van der Waals surface area contributed by atoms with Crippen LogP contribution in [0.4, 0.5) is 11.6 Å². The molecule has 0 bridgehead atoms. The zero-order chi connectivity index (χ0) is 20.1. The Labute approximate surface area is 176 Å². The van der Waals surface area contributed by atoms with Crippen LogP contribution >= 0.6 is 11.6 Å². The smallest absolute Gasteiger partial charge is 0.145 e. The first-order valence-electron chi connectivity index (χ1n) is 10.5. The van der Waals surface area contributed by atoms with Gasteiger partial charge in [0.25, 0.3) is 0 Å². The molecule has 0 unspecified atom stereocenters. The second kappa shape index (κ2) is 9.69. The summed E-state index contributed by atoms with van der Waals surface area (Å²) >= 11 is 6.43. The zero-order valence-electron chi connectivity index (χ0n) is 16.6. The highest BCUT2D eigenvalue weighted by Gasteiger charge is 2.19. The molecule has 1 saturated carbocycles. The molecular weight excluding hydrogens is 388 g/mol. The molecular formula is C21H29ClN6O. The lowest BCUT2D eigenvalue weighted by Gasteiger charge is -2.27. The fourth-order valence-corrected chi connectivity index (χ4v) is 4.18. The average Bonchev–Trinajstić information content (AvgIpc) is 2.76. The summed E-state index contributed by atoms with van der Waals surface area (Å²) in [5.74, 6) is 2.07. The Morgan fingerprint density at radius 2 is 1.97 bits per heavy atom. The van der Waals surface area contributed by atoms with Crippen LogP contribution in [0.1, 0.15) is 38.5 Å². The van der Waals surface area contributed by atoms with Crippen molar-refractivity contribution in [3.8, 4) is 11.3 Å². The van der Waals surface area contributed by atoms with E-state index >= 15 is 0 Å². The zero-order valence-corrected chi connectivity index (χ0v) is 17.4. The first kappa shape index (κ1) is 20.3. The van der Waals surface area contributed by atoms with Crippen LogP contribution < -0.4 is 16.4 Å². The van der Waals surface area contributed by atoms with Gasteiger partial charge in [0, 0.05) is 37.0 Å². The molecule has 4 N–H and O–H groups in total. The quantitative estimate of drug-likeness (QED) is 0.660. The van der Waals surface area contributed by atoms with Crippen molar-refractivity contribution in [2.24, 2.45) is 11.7 Å². The number of halogens is 1. The molecule has 7 nitrogen and oxygen atoms in total. The summed E-state index contributed by atoms with van der Waals surface area (Å²) in [7, 11) is 0. The van der Waals surface area contributed by atoms with Crippen LogP contribution in [0.5, 0.6) is 0 Å². The number of nitrogens with one attached hydrogen (secondary N) is 2. The predicted molar refractivity (Wildman–Crippen MR) is 116 cm³/mol. The topological polar surface area (TPSA) is 98.0 Å². The molecule has 1 saturated heterocycles. The van der Waals surface area contributed by atoms with Crippen LogP contribution in [0.3, 0.4) is 0 Å². The molecule has 2 fully saturated rings. The maximum atomic E-state index is 6.43. The van der Waals surface area contributed by atoms with E-state index in [1.54, 1.807) is 18.6 Å². The molecule has 1 aliphatic carbocycles. The molecule has 0 amide bonds. The summed E-state index contributed by atoms with van der Waals surface area (Å²) in [6.07, 6.45) is 11.7. The number of ether oxygens (including phenoxy) is 1. The highest BCUT2D eigenvalue weighted by molar-refractivity contribution is 6.33. The fourth-order valence-electron chi connectivity index (χ4n) is 3.98. The first-order valence-corrected chi connectivity index (χ1v) is 10.9. The van der Waals surface area contributed by atoms with Crippen molar-refractivity contribution in [2.45, 2.75) is 50.6 Å². The normalized spacial score (nSPS) is 24.8. The molecule has 156 valence electrons. The summed E-state index contributed by atoms with van der Waals surface area (Å²) in [6, 6.07) is 2.68. The van der Waals surface area contributed by atoms with Gasteiger partial charge in [-0.1, -0.05) is 11.6 Å². The average molecular weight is 417 g/mol. The number of pyridine rings is 1. The Balaban J connectivity index is 1.44. The molecule has 0 spiro atoms. The summed E-state index contributed by atoms with van der Waals surface area (Å²) in [5, 5.41) is 7.47. The second-order valence-corrected chi connectivity index (χ2v) is 8.47. The summed E-state index contributed by atoms with van der Waals surface area (Å²) in [4.78, 5) is 13.5. The van der Waals surface area contributed by atoms with Gasteiger partial charge in [-0.05, 0) is 50.5 Å². The molecule has 2 aliphatic rings. The van der Waals surface area contributed by atoms with Crippen molar-refractivity contribution in [3.05, 3.63) is 29.7 Å². The number of anilines is 2. The lowest BCUT2D eigenvalue weighted by molar-refractivity contribution is 0.0595. The van der Waals surface area contributed by atoms with Gasteiger partial charge in [0.05, 0.1) is 29.7 Å². The SMILES string of the molecule is NC1CCC(Nc2cc(-c3cncc(NC[C@@H]4CCCOC4)n3)c(Cl)cn2)CC1. The fraction of sp³-hybridized carbons (Fsp3) is 0.571. The molecule has 3 heterocycles. The van der Waals surface area contributed by atoms with Crippen LogP contribution in [0.15, 0.2) is 24.7 Å². The minimum atomic E-state index is 0.326. The third-order valence-electron chi connectivity index (χ3n) is 5.72. The van der Waals surface area contributed by atoms with Gasteiger partial charge in [-0.3, -0.25) is 4.98 Å². The van der Waals surface area contributed by atoms with Crippen LogP contribution in [-0.2, 0) is 4.74 Å². The van der Waals surface area contributed by atoms with Crippen molar-refractivity contribution >= 4 is 23.2 Å². The molecule has 1 aliphatic heterocycles. The monoisotopic (exact) mass is 416 g/mol. The number of rotatable bonds is 6. The molecule has 0 radical (unpaired) electrons. The van der Waals surface area contributed by atoms with Crippen LogP contribution in [-0.4, -0.2) is 46.8 Å². The van der Waals surface area contributed by atoms with Crippen molar-refractivity contribution in [3.63, 3.8) is 0 Å². The summed E-state index contributed by atoms with van der Waals surface area (Å²) in [5.41, 5.74) is 7.57. The number of hydrogen-bond acceptors (Lipinski definition) is 7. The lowest BCUT2D eigenvalue weighted by atomic mass is 9.92. The Bertz CT molecular complexity index is 806. The van der Waals surface area contributed by atoms with Gasteiger partial charge in [0.15, 0.2) is 0 Å². The van der Waals surface area contributed by atoms with Gasteiger partial charge in [0.1, 0.15) is 11.6 Å². The Morgan fingerprint density at radius 1 is 1.10 bits per heavy atom. The standard InChI is InChI=1S/C21H29ClN6O/c22-18-10-26-20(27-16-5-3-15(23)4-6-16)8-17(18)19-11-24-12-21(28-19)25-9-14-2-1-7-29-13-14/h8,10-12,14-16H,1-7,9,13,23H2,(H,25,28)(H,26,27)/t14-,15?,16?/m0/s1. The van der Waals surface area contributed by atoms with Crippen molar-refractivity contribution in [2.75, 3.05) is 30.4 Å². The molecule has 0 aromatic carbocycles.